The highest BCUT2D eigenvalue weighted by molar-refractivity contribution is 6.26. The van der Waals surface area contributed by atoms with Gasteiger partial charge in [0.15, 0.2) is 0 Å². The van der Waals surface area contributed by atoms with Crippen molar-refractivity contribution in [3.63, 3.8) is 0 Å². The van der Waals surface area contributed by atoms with Crippen LogP contribution in [0.2, 0.25) is 0 Å². The van der Waals surface area contributed by atoms with Gasteiger partial charge in [0, 0.05) is 56.3 Å². The molecule has 76 heavy (non-hydrogen) atoms. The first-order valence-corrected chi connectivity index (χ1v) is 26.5. The third-order valence-electron chi connectivity index (χ3n) is 16.3. The van der Waals surface area contributed by atoms with Crippen molar-refractivity contribution in [2.45, 2.75) is 38.5 Å². The standard InChI is InChI=1S/C72H56N4/c1-71(2)63-33-19-21-35-67(63)75(69-43-39-55(47-65(69)71)73(49-23-9-5-10-24-49)50-25-11-6-12-26-50)53-37-41-59-57-31-17-18-32-58(57)60-42-38-54(46-62(60)61(59)45-53)76-68-36-22-20-34-64(68)72(3,4)66-48-56(40-44-70(66)76)74(51-27-13-7-14-28-51)52-29-15-8-16-30-52/h5-48H,1-4H3. The molecule has 0 saturated heterocycles. The summed E-state index contributed by atoms with van der Waals surface area (Å²) in [7, 11) is 0. The summed E-state index contributed by atoms with van der Waals surface area (Å²) < 4.78 is 0. The van der Waals surface area contributed by atoms with Crippen molar-refractivity contribution >= 4 is 101 Å². The molecular weight excluding hydrogens is 921 g/mol. The van der Waals surface area contributed by atoms with Crippen LogP contribution in [0.4, 0.5) is 68.2 Å². The van der Waals surface area contributed by atoms with E-state index >= 15 is 0 Å². The van der Waals surface area contributed by atoms with Crippen LogP contribution >= 0.6 is 0 Å². The minimum absolute atomic E-state index is 0.288. The van der Waals surface area contributed by atoms with Crippen LogP contribution in [0.15, 0.2) is 267 Å². The van der Waals surface area contributed by atoms with Crippen LogP contribution in [0.3, 0.4) is 0 Å². The van der Waals surface area contributed by atoms with Gasteiger partial charge in [-0.1, -0.05) is 173 Å². The van der Waals surface area contributed by atoms with Crippen LogP contribution in [0.25, 0.3) is 32.3 Å². The topological polar surface area (TPSA) is 13.0 Å². The van der Waals surface area contributed by atoms with Crippen LogP contribution in [0.5, 0.6) is 0 Å². The summed E-state index contributed by atoms with van der Waals surface area (Å²) in [6, 6.07) is 98.2. The van der Waals surface area contributed by atoms with E-state index in [4.69, 9.17) is 0 Å². The first-order valence-electron chi connectivity index (χ1n) is 26.5. The molecule has 4 heteroatoms. The van der Waals surface area contributed by atoms with Crippen molar-refractivity contribution in [2.75, 3.05) is 19.6 Å². The normalized spacial score (nSPS) is 13.9. The number of rotatable bonds is 8. The van der Waals surface area contributed by atoms with Gasteiger partial charge in [0.05, 0.1) is 22.7 Å². The first kappa shape index (κ1) is 45.3. The quantitative estimate of drug-likeness (QED) is 0.141. The fourth-order valence-electron chi connectivity index (χ4n) is 12.6. The van der Waals surface area contributed by atoms with Gasteiger partial charge in [0.2, 0.25) is 0 Å². The zero-order valence-electron chi connectivity index (χ0n) is 43.2. The minimum Gasteiger partial charge on any atom is -0.310 e. The molecule has 0 unspecified atom stereocenters. The Kier molecular flexibility index (Phi) is 10.5. The molecule has 0 aromatic heterocycles. The molecule has 2 aliphatic heterocycles. The largest absolute Gasteiger partial charge is 0.310 e. The Hall–Kier alpha value is -9.38. The van der Waals surface area contributed by atoms with E-state index in [2.05, 4.69) is 314 Å². The van der Waals surface area contributed by atoms with Gasteiger partial charge in [-0.15, -0.1) is 0 Å². The Balaban J connectivity index is 0.959. The van der Waals surface area contributed by atoms with E-state index in [0.717, 1.165) is 45.5 Å². The van der Waals surface area contributed by atoms with Gasteiger partial charge >= 0.3 is 0 Å². The van der Waals surface area contributed by atoms with E-state index in [1.54, 1.807) is 0 Å². The predicted octanol–water partition coefficient (Wildman–Crippen LogP) is 20.3. The van der Waals surface area contributed by atoms with E-state index in [1.807, 2.05) is 0 Å². The van der Waals surface area contributed by atoms with Crippen LogP contribution in [-0.2, 0) is 10.8 Å². The highest BCUT2D eigenvalue weighted by Crippen LogP contribution is 2.56. The molecule has 12 aromatic rings. The maximum absolute atomic E-state index is 2.50. The molecule has 364 valence electrons. The summed E-state index contributed by atoms with van der Waals surface area (Å²) in [4.78, 5) is 9.75. The number of para-hydroxylation sites is 6. The van der Waals surface area contributed by atoms with E-state index in [-0.39, 0.29) is 10.8 Å². The molecule has 0 aliphatic carbocycles. The lowest BCUT2D eigenvalue weighted by atomic mass is 9.73. The number of anilines is 12. The number of fused-ring (bicyclic) bond motifs is 10. The van der Waals surface area contributed by atoms with Gasteiger partial charge in [-0.2, -0.15) is 0 Å². The van der Waals surface area contributed by atoms with Gasteiger partial charge < -0.3 is 19.6 Å². The van der Waals surface area contributed by atoms with E-state index in [9.17, 15) is 0 Å². The second-order valence-corrected chi connectivity index (χ2v) is 21.4. The fourth-order valence-corrected chi connectivity index (χ4v) is 12.6. The molecule has 0 fully saturated rings. The zero-order valence-corrected chi connectivity index (χ0v) is 43.2. The van der Waals surface area contributed by atoms with Crippen LogP contribution in [0.1, 0.15) is 49.9 Å². The molecule has 12 aromatic carbocycles. The summed E-state index contributed by atoms with van der Waals surface area (Å²) in [6.07, 6.45) is 0. The van der Waals surface area contributed by atoms with Crippen LogP contribution in [0, 0.1) is 0 Å². The second-order valence-electron chi connectivity index (χ2n) is 21.4. The molecule has 0 saturated carbocycles. The van der Waals surface area contributed by atoms with Gasteiger partial charge in [0.1, 0.15) is 0 Å². The Labute approximate surface area is 445 Å². The van der Waals surface area contributed by atoms with E-state index in [1.165, 1.54) is 77.3 Å². The maximum atomic E-state index is 2.50. The highest BCUT2D eigenvalue weighted by Gasteiger charge is 2.39. The Morgan fingerprint density at radius 3 is 0.908 bits per heavy atom. The van der Waals surface area contributed by atoms with Gasteiger partial charge in [-0.05, 0) is 176 Å². The Morgan fingerprint density at radius 2 is 0.539 bits per heavy atom. The summed E-state index contributed by atoms with van der Waals surface area (Å²) in [5, 5.41) is 7.41. The monoisotopic (exact) mass is 976 g/mol. The summed E-state index contributed by atoms with van der Waals surface area (Å²) >= 11 is 0. The Morgan fingerprint density at radius 1 is 0.237 bits per heavy atom. The third kappa shape index (κ3) is 7.12. The molecule has 4 nitrogen and oxygen atoms in total. The van der Waals surface area contributed by atoms with Crippen molar-refractivity contribution in [3.8, 4) is 0 Å². The molecule has 14 rings (SSSR count). The molecule has 2 heterocycles. The summed E-state index contributed by atoms with van der Waals surface area (Å²) in [5.41, 5.74) is 18.3. The smallest absolute Gasteiger partial charge is 0.0504 e. The average Bonchev–Trinajstić information content (AvgIpc) is 3.49. The molecule has 0 spiro atoms. The van der Waals surface area contributed by atoms with Crippen molar-refractivity contribution in [1.29, 1.82) is 0 Å². The molecule has 0 bridgehead atoms. The molecule has 0 N–H and O–H groups in total. The highest BCUT2D eigenvalue weighted by atomic mass is 15.2. The predicted molar refractivity (Wildman–Crippen MR) is 322 cm³/mol. The minimum atomic E-state index is -0.288. The lowest BCUT2D eigenvalue weighted by Crippen LogP contribution is -2.31. The van der Waals surface area contributed by atoms with Crippen molar-refractivity contribution in [2.24, 2.45) is 0 Å². The van der Waals surface area contributed by atoms with Crippen molar-refractivity contribution in [3.05, 3.63) is 289 Å². The van der Waals surface area contributed by atoms with Crippen molar-refractivity contribution in [1.82, 2.24) is 0 Å². The number of hydrogen-bond donors (Lipinski definition) is 0. The molecular formula is C72H56N4. The molecule has 0 atom stereocenters. The number of hydrogen-bond acceptors (Lipinski definition) is 4. The first-order chi connectivity index (χ1) is 37.2. The van der Waals surface area contributed by atoms with Gasteiger partial charge in [-0.3, -0.25) is 0 Å². The molecule has 0 radical (unpaired) electrons. The second kappa shape index (κ2) is 17.6. The van der Waals surface area contributed by atoms with E-state index < -0.39 is 0 Å². The van der Waals surface area contributed by atoms with Crippen LogP contribution in [-0.4, -0.2) is 0 Å². The molecule has 2 aliphatic rings. The number of nitrogens with zero attached hydrogens (tertiary/aromatic N) is 4. The third-order valence-corrected chi connectivity index (χ3v) is 16.3. The number of benzene rings is 12. The summed E-state index contributed by atoms with van der Waals surface area (Å²) in [5.74, 6) is 0. The Bertz CT molecular complexity index is 3840. The zero-order chi connectivity index (χ0) is 51.1. The SMILES string of the molecule is CC1(C)c2ccccc2N(c2ccc3c4ccccc4c4ccc(N5c6ccccc6C(C)(C)c6cc(N(c7ccccc7)c7ccccc7)ccc65)cc4c3c2)c2ccc(N(c3ccccc3)c3ccccc3)cc21. The lowest BCUT2D eigenvalue weighted by molar-refractivity contribution is 0.632. The fraction of sp³-hybridized carbons (Fsp3) is 0.0833. The van der Waals surface area contributed by atoms with Gasteiger partial charge in [0.25, 0.3) is 0 Å². The molecule has 0 amide bonds. The van der Waals surface area contributed by atoms with E-state index in [0.29, 0.717) is 0 Å². The maximum Gasteiger partial charge on any atom is 0.0504 e. The average molecular weight is 977 g/mol. The van der Waals surface area contributed by atoms with Crippen molar-refractivity contribution < 1.29 is 0 Å². The summed E-state index contributed by atoms with van der Waals surface area (Å²) in [6.45, 7) is 9.52. The van der Waals surface area contributed by atoms with Gasteiger partial charge in [-0.25, -0.2) is 0 Å². The lowest BCUT2D eigenvalue weighted by Gasteiger charge is -2.43. The van der Waals surface area contributed by atoms with Crippen LogP contribution < -0.4 is 19.6 Å².